The van der Waals surface area contributed by atoms with Gasteiger partial charge in [-0.25, -0.2) is 9.38 Å². The van der Waals surface area contributed by atoms with Crippen molar-refractivity contribution in [2.45, 2.75) is 30.9 Å². The summed E-state index contributed by atoms with van der Waals surface area (Å²) in [5, 5.41) is 12.3. The number of alkyl halides is 4. The molecule has 10 nitrogen and oxygen atoms in total. The SMILES string of the molecule is N#Cc1cc(C(=O)N2CCN3CCOCC3C2)c(N2CC[C@@H](NC(=O)C3=CC(=O)N=C4C3=CC=CC4F)C2)c(C(F)(F)F)c1. The summed E-state index contributed by atoms with van der Waals surface area (Å²) in [6.45, 7) is 2.85. The molecule has 3 amide bonds. The van der Waals surface area contributed by atoms with Crippen LogP contribution in [-0.4, -0.2) is 104 Å². The molecule has 0 spiro atoms. The Kier molecular flexibility index (Phi) is 7.85. The molecule has 3 atom stereocenters. The number of carbonyl (C=O) groups is 3. The maximum Gasteiger partial charge on any atom is 0.418 e. The Hall–Kier alpha value is -4.35. The van der Waals surface area contributed by atoms with Crippen LogP contribution in [0, 0.1) is 11.3 Å². The van der Waals surface area contributed by atoms with E-state index in [1.807, 2.05) is 0 Å². The Labute approximate surface area is 249 Å². The summed E-state index contributed by atoms with van der Waals surface area (Å²) in [5.41, 5.74) is -2.07. The van der Waals surface area contributed by atoms with Crippen LogP contribution in [0.15, 0.2) is 52.6 Å². The lowest BCUT2D eigenvalue weighted by atomic mass is 9.91. The number of nitriles is 1. The molecule has 0 saturated carbocycles. The number of ether oxygens (including phenoxy) is 1. The zero-order valence-electron chi connectivity index (χ0n) is 23.4. The zero-order valence-corrected chi connectivity index (χ0v) is 23.4. The van der Waals surface area contributed by atoms with E-state index in [4.69, 9.17) is 4.74 Å². The van der Waals surface area contributed by atoms with Gasteiger partial charge in [-0.3, -0.25) is 19.3 Å². The first-order chi connectivity index (χ1) is 21.0. The highest BCUT2D eigenvalue weighted by molar-refractivity contribution is 6.24. The fourth-order valence-electron chi connectivity index (χ4n) is 6.33. The maximum absolute atomic E-state index is 14.5. The highest BCUT2D eigenvalue weighted by Crippen LogP contribution is 2.41. The first-order valence-corrected chi connectivity index (χ1v) is 14.2. The third-order valence-electron chi connectivity index (χ3n) is 8.45. The van der Waals surface area contributed by atoms with Crippen molar-refractivity contribution < 1.29 is 36.7 Å². The molecule has 0 bridgehead atoms. The van der Waals surface area contributed by atoms with Gasteiger partial charge in [0.05, 0.1) is 59.0 Å². The molecule has 1 aromatic carbocycles. The van der Waals surface area contributed by atoms with E-state index in [1.165, 1.54) is 34.1 Å². The van der Waals surface area contributed by atoms with E-state index >= 15 is 0 Å². The first kappa shape index (κ1) is 29.7. The Morgan fingerprint density at radius 3 is 2.73 bits per heavy atom. The monoisotopic (exact) mass is 612 g/mol. The van der Waals surface area contributed by atoms with Crippen molar-refractivity contribution >= 4 is 29.1 Å². The number of anilines is 1. The van der Waals surface area contributed by atoms with Crippen molar-refractivity contribution in [2.24, 2.45) is 4.99 Å². The largest absolute Gasteiger partial charge is 0.418 e. The predicted octanol–water partition coefficient (Wildman–Crippen LogP) is 2.17. The molecule has 14 heteroatoms. The molecule has 0 radical (unpaired) electrons. The minimum absolute atomic E-state index is 0.0713. The third-order valence-corrected chi connectivity index (χ3v) is 8.45. The summed E-state index contributed by atoms with van der Waals surface area (Å²) in [7, 11) is 0. The molecule has 4 heterocycles. The average Bonchev–Trinajstić information content (AvgIpc) is 3.47. The molecule has 44 heavy (non-hydrogen) atoms. The number of amides is 3. The van der Waals surface area contributed by atoms with Crippen LogP contribution in [-0.2, 0) is 20.5 Å². The standard InChI is InChI=1S/C30H28F4N6O4/c31-24-3-1-2-20-21(12-25(41)37-26(20)24)28(42)36-18-4-5-39(14-18)27-22(10-17(13-35)11-23(27)30(32,33)34)29(43)40-7-6-38-8-9-44-16-19(38)15-40/h1-3,10-12,18-19,24H,4-9,14-16H2,(H,36,42)/t18-,19?,24?/m1/s1. The molecule has 6 rings (SSSR count). The van der Waals surface area contributed by atoms with Gasteiger partial charge in [0.15, 0.2) is 6.17 Å². The van der Waals surface area contributed by atoms with E-state index in [0.29, 0.717) is 32.8 Å². The number of benzene rings is 1. The van der Waals surface area contributed by atoms with Gasteiger partial charge in [0.2, 0.25) is 0 Å². The summed E-state index contributed by atoms with van der Waals surface area (Å²) in [6, 6.07) is 2.95. The molecule has 5 aliphatic rings. The van der Waals surface area contributed by atoms with Gasteiger partial charge < -0.3 is 19.9 Å². The number of nitrogens with one attached hydrogen (secondary N) is 1. The van der Waals surface area contributed by atoms with Gasteiger partial charge in [0, 0.05) is 57.0 Å². The molecular formula is C30H28F4N6O4. The Balaban J connectivity index is 1.26. The molecule has 1 aliphatic carbocycles. The molecular weight excluding hydrogens is 584 g/mol. The Bertz CT molecular complexity index is 1580. The fourth-order valence-corrected chi connectivity index (χ4v) is 6.33. The van der Waals surface area contributed by atoms with E-state index in [0.717, 1.165) is 12.1 Å². The lowest BCUT2D eigenvalue weighted by molar-refractivity contribution is -0.137. The number of dihydropyridines is 1. The normalized spacial score (nSPS) is 25.4. The van der Waals surface area contributed by atoms with Crippen LogP contribution < -0.4 is 10.2 Å². The number of aliphatic imine (C=N–C) groups is 1. The van der Waals surface area contributed by atoms with Gasteiger partial charge in [0.1, 0.15) is 0 Å². The minimum atomic E-state index is -4.87. The topological polar surface area (TPSA) is 118 Å². The number of nitrogens with zero attached hydrogens (tertiary/aromatic N) is 5. The maximum atomic E-state index is 14.5. The van der Waals surface area contributed by atoms with Crippen molar-refractivity contribution in [3.05, 3.63) is 64.3 Å². The molecule has 230 valence electrons. The van der Waals surface area contributed by atoms with Crippen LogP contribution in [0.25, 0.3) is 0 Å². The van der Waals surface area contributed by atoms with Crippen LogP contribution >= 0.6 is 0 Å². The number of carbonyl (C=O) groups excluding carboxylic acids is 3. The van der Waals surface area contributed by atoms with Gasteiger partial charge >= 0.3 is 6.18 Å². The minimum Gasteiger partial charge on any atom is -0.378 e. The number of piperazine rings is 1. The third kappa shape index (κ3) is 5.65. The van der Waals surface area contributed by atoms with E-state index in [1.54, 1.807) is 6.07 Å². The number of fused-ring (bicyclic) bond motifs is 2. The molecule has 1 N–H and O–H groups in total. The van der Waals surface area contributed by atoms with Crippen LogP contribution in [0.5, 0.6) is 0 Å². The van der Waals surface area contributed by atoms with E-state index in [-0.39, 0.29) is 65.8 Å². The van der Waals surface area contributed by atoms with Gasteiger partial charge in [-0.1, -0.05) is 12.2 Å². The Morgan fingerprint density at radius 1 is 1.14 bits per heavy atom. The lowest BCUT2D eigenvalue weighted by Gasteiger charge is -2.44. The van der Waals surface area contributed by atoms with E-state index in [2.05, 4.69) is 15.2 Å². The van der Waals surface area contributed by atoms with Gasteiger partial charge in [-0.15, -0.1) is 0 Å². The molecule has 2 unspecified atom stereocenters. The number of hydrogen-bond donors (Lipinski definition) is 1. The average molecular weight is 613 g/mol. The lowest BCUT2D eigenvalue weighted by Crippen LogP contribution is -2.59. The second-order valence-corrected chi connectivity index (χ2v) is 11.2. The van der Waals surface area contributed by atoms with Crippen molar-refractivity contribution in [3.8, 4) is 6.07 Å². The second kappa shape index (κ2) is 11.6. The number of allylic oxidation sites excluding steroid dienone is 3. The summed E-state index contributed by atoms with van der Waals surface area (Å²) in [4.78, 5) is 48.0. The number of morpholine rings is 1. The Morgan fingerprint density at radius 2 is 1.95 bits per heavy atom. The summed E-state index contributed by atoms with van der Waals surface area (Å²) in [5.74, 6) is -2.09. The van der Waals surface area contributed by atoms with Crippen molar-refractivity contribution in [1.29, 1.82) is 5.26 Å². The molecule has 4 aliphatic heterocycles. The quantitative estimate of drug-likeness (QED) is 0.518. The number of hydrogen-bond acceptors (Lipinski definition) is 7. The van der Waals surface area contributed by atoms with Crippen molar-refractivity contribution in [1.82, 2.24) is 15.1 Å². The number of halogens is 4. The van der Waals surface area contributed by atoms with Crippen LogP contribution in [0.4, 0.5) is 23.2 Å². The van der Waals surface area contributed by atoms with Crippen LogP contribution in [0.2, 0.25) is 0 Å². The smallest absolute Gasteiger partial charge is 0.378 e. The number of rotatable bonds is 4. The highest BCUT2D eigenvalue weighted by atomic mass is 19.4. The first-order valence-electron chi connectivity index (χ1n) is 14.2. The van der Waals surface area contributed by atoms with E-state index < -0.39 is 41.7 Å². The van der Waals surface area contributed by atoms with Crippen LogP contribution in [0.3, 0.4) is 0 Å². The molecule has 0 aromatic heterocycles. The molecule has 1 aromatic rings. The molecule has 3 fully saturated rings. The fraction of sp³-hybridized carbons (Fsp3) is 0.433. The van der Waals surface area contributed by atoms with Crippen molar-refractivity contribution in [3.63, 3.8) is 0 Å². The van der Waals surface area contributed by atoms with Gasteiger partial charge in [-0.2, -0.15) is 18.4 Å². The van der Waals surface area contributed by atoms with Crippen molar-refractivity contribution in [2.75, 3.05) is 57.4 Å². The summed E-state index contributed by atoms with van der Waals surface area (Å²) >= 11 is 0. The van der Waals surface area contributed by atoms with Gasteiger partial charge in [-0.05, 0) is 24.6 Å². The van der Waals surface area contributed by atoms with E-state index in [9.17, 15) is 37.2 Å². The van der Waals surface area contributed by atoms with Gasteiger partial charge in [0.25, 0.3) is 17.7 Å². The zero-order chi connectivity index (χ0) is 31.2. The summed E-state index contributed by atoms with van der Waals surface area (Å²) < 4.78 is 63.3. The van der Waals surface area contributed by atoms with Crippen LogP contribution in [0.1, 0.15) is 27.9 Å². The predicted molar refractivity (Wildman–Crippen MR) is 150 cm³/mol. The molecule has 3 saturated heterocycles. The highest BCUT2D eigenvalue weighted by Gasteiger charge is 2.42. The second-order valence-electron chi connectivity index (χ2n) is 11.2. The summed E-state index contributed by atoms with van der Waals surface area (Å²) in [6.07, 6.45) is -1.21.